The van der Waals surface area contributed by atoms with E-state index >= 15 is 0 Å². The summed E-state index contributed by atoms with van der Waals surface area (Å²) < 4.78 is 5.80. The van der Waals surface area contributed by atoms with Gasteiger partial charge in [-0.1, -0.05) is 44.2 Å². The molecule has 0 N–H and O–H groups in total. The second kappa shape index (κ2) is 6.83. The van der Waals surface area contributed by atoms with Crippen molar-refractivity contribution in [2.75, 3.05) is 19.6 Å². The van der Waals surface area contributed by atoms with E-state index in [1.54, 1.807) is 0 Å². The van der Waals surface area contributed by atoms with Crippen LogP contribution in [0.3, 0.4) is 0 Å². The van der Waals surface area contributed by atoms with Crippen molar-refractivity contribution in [3.05, 3.63) is 35.9 Å². The highest BCUT2D eigenvalue weighted by molar-refractivity contribution is 5.84. The van der Waals surface area contributed by atoms with Gasteiger partial charge in [-0.3, -0.25) is 9.69 Å². The smallest absolute Gasteiger partial charge is 0.164 e. The van der Waals surface area contributed by atoms with Crippen LogP contribution < -0.4 is 0 Å². The molecule has 2 rings (SSSR count). The predicted octanol–water partition coefficient (Wildman–Crippen LogP) is 2.50. The van der Waals surface area contributed by atoms with E-state index in [0.29, 0.717) is 18.9 Å². The van der Waals surface area contributed by atoms with Gasteiger partial charge in [-0.2, -0.15) is 0 Å². The Morgan fingerprint density at radius 2 is 2.05 bits per heavy atom. The molecule has 0 bridgehead atoms. The molecule has 19 heavy (non-hydrogen) atoms. The molecule has 1 aromatic carbocycles. The first-order valence-corrected chi connectivity index (χ1v) is 7.05. The average molecular weight is 261 g/mol. The summed E-state index contributed by atoms with van der Waals surface area (Å²) in [6.07, 6.45) is 0.360. The van der Waals surface area contributed by atoms with Crippen LogP contribution in [0.25, 0.3) is 0 Å². The Balaban J connectivity index is 1.85. The van der Waals surface area contributed by atoms with Gasteiger partial charge in [-0.15, -0.1) is 0 Å². The summed E-state index contributed by atoms with van der Waals surface area (Å²) in [5.74, 6) is 0.874. The Hall–Kier alpha value is -1.19. The number of nitrogens with zero attached hydrogens (tertiary/aromatic N) is 1. The summed E-state index contributed by atoms with van der Waals surface area (Å²) in [5.41, 5.74) is 1.12. The summed E-state index contributed by atoms with van der Waals surface area (Å²) in [7, 11) is 0. The van der Waals surface area contributed by atoms with E-state index in [-0.39, 0.29) is 11.9 Å². The van der Waals surface area contributed by atoms with Gasteiger partial charge in [-0.05, 0) is 11.5 Å². The van der Waals surface area contributed by atoms with Crippen LogP contribution >= 0.6 is 0 Å². The molecule has 1 aliphatic heterocycles. The van der Waals surface area contributed by atoms with Crippen LogP contribution in [0.15, 0.2) is 30.3 Å². The van der Waals surface area contributed by atoms with E-state index in [1.807, 2.05) is 30.3 Å². The van der Waals surface area contributed by atoms with Crippen LogP contribution in [0, 0.1) is 5.92 Å². The minimum Gasteiger partial charge on any atom is -0.364 e. The van der Waals surface area contributed by atoms with Gasteiger partial charge >= 0.3 is 0 Å². The van der Waals surface area contributed by atoms with Crippen LogP contribution in [-0.4, -0.2) is 36.4 Å². The normalized spacial score (nSPS) is 21.0. The summed E-state index contributed by atoms with van der Waals surface area (Å²) in [6.45, 7) is 7.59. The molecule has 3 nitrogen and oxygen atoms in total. The molecule has 1 aromatic rings. The highest BCUT2D eigenvalue weighted by Gasteiger charge is 2.27. The fraction of sp³-hybridized carbons (Fsp3) is 0.562. The predicted molar refractivity (Wildman–Crippen MR) is 75.9 cm³/mol. The van der Waals surface area contributed by atoms with Gasteiger partial charge in [0.1, 0.15) is 6.10 Å². The molecule has 3 heteroatoms. The van der Waals surface area contributed by atoms with Gasteiger partial charge in [-0.25, -0.2) is 0 Å². The van der Waals surface area contributed by atoms with Crippen molar-refractivity contribution in [3.8, 4) is 0 Å². The Morgan fingerprint density at radius 1 is 1.32 bits per heavy atom. The number of ketones is 1. The highest BCUT2D eigenvalue weighted by Crippen LogP contribution is 2.14. The topological polar surface area (TPSA) is 29.5 Å². The number of Topliss-reactive ketones (excluding diaryl/α,β-unsaturated/α-hetero) is 1. The molecule has 0 aromatic heterocycles. The van der Waals surface area contributed by atoms with E-state index in [1.165, 1.54) is 0 Å². The van der Waals surface area contributed by atoms with Crippen LogP contribution in [0.5, 0.6) is 0 Å². The Morgan fingerprint density at radius 3 is 2.74 bits per heavy atom. The van der Waals surface area contributed by atoms with Gasteiger partial charge in [0.2, 0.25) is 0 Å². The number of piperidine rings is 1. The number of rotatable bonds is 5. The number of hydrogen-bond donors (Lipinski definition) is 0. The molecular formula is C16H23NO2. The zero-order valence-corrected chi connectivity index (χ0v) is 11.8. The van der Waals surface area contributed by atoms with Crippen molar-refractivity contribution >= 4 is 5.78 Å². The number of benzene rings is 1. The third-order valence-electron chi connectivity index (χ3n) is 3.37. The number of carbonyl (C=O) groups is 1. The minimum absolute atomic E-state index is 0.246. The molecule has 0 aliphatic carbocycles. The summed E-state index contributed by atoms with van der Waals surface area (Å²) >= 11 is 0. The maximum atomic E-state index is 11.9. The highest BCUT2D eigenvalue weighted by atomic mass is 16.5. The van der Waals surface area contributed by atoms with Crippen molar-refractivity contribution in [1.29, 1.82) is 0 Å². The van der Waals surface area contributed by atoms with Crippen LogP contribution in [0.2, 0.25) is 0 Å². The molecule has 0 amide bonds. The summed E-state index contributed by atoms with van der Waals surface area (Å²) in [4.78, 5) is 14.2. The van der Waals surface area contributed by atoms with Crippen molar-refractivity contribution in [2.24, 2.45) is 5.92 Å². The Labute approximate surface area is 115 Å². The van der Waals surface area contributed by atoms with Gasteiger partial charge in [0.05, 0.1) is 6.61 Å². The van der Waals surface area contributed by atoms with Crippen LogP contribution in [-0.2, 0) is 16.1 Å². The summed E-state index contributed by atoms with van der Waals surface area (Å²) in [5, 5.41) is 0. The first kappa shape index (κ1) is 14.2. The molecule has 104 valence electrons. The lowest BCUT2D eigenvalue weighted by molar-refractivity contribution is -0.137. The lowest BCUT2D eigenvalue weighted by atomic mass is 10.0. The molecule has 1 atom stereocenters. The van der Waals surface area contributed by atoms with Gasteiger partial charge in [0.15, 0.2) is 5.78 Å². The lowest BCUT2D eigenvalue weighted by Gasteiger charge is -2.32. The lowest BCUT2D eigenvalue weighted by Crippen LogP contribution is -2.46. The number of likely N-dealkylation sites (tertiary alicyclic amines) is 1. The third-order valence-corrected chi connectivity index (χ3v) is 3.37. The zero-order valence-electron chi connectivity index (χ0n) is 11.8. The van der Waals surface area contributed by atoms with E-state index in [4.69, 9.17) is 4.74 Å². The maximum Gasteiger partial charge on any atom is 0.164 e. The maximum absolute atomic E-state index is 11.9. The molecule has 1 fully saturated rings. The van der Waals surface area contributed by atoms with Gasteiger partial charge in [0.25, 0.3) is 0 Å². The van der Waals surface area contributed by atoms with E-state index < -0.39 is 0 Å². The first-order chi connectivity index (χ1) is 9.15. The van der Waals surface area contributed by atoms with Crippen molar-refractivity contribution < 1.29 is 9.53 Å². The number of ether oxygens (including phenoxy) is 1. The van der Waals surface area contributed by atoms with Gasteiger partial charge in [0, 0.05) is 26.1 Å². The quantitative estimate of drug-likeness (QED) is 0.815. The van der Waals surface area contributed by atoms with E-state index in [2.05, 4.69) is 18.7 Å². The largest absolute Gasteiger partial charge is 0.364 e. The van der Waals surface area contributed by atoms with E-state index in [0.717, 1.165) is 25.2 Å². The number of hydrogen-bond acceptors (Lipinski definition) is 3. The first-order valence-electron chi connectivity index (χ1n) is 7.05. The standard InChI is InChI=1S/C16H23NO2/c1-13(2)10-17-9-8-15(18)16(11-17)19-12-14-6-4-3-5-7-14/h3-7,13,16H,8-12H2,1-2H3. The molecule has 1 unspecified atom stereocenters. The molecule has 0 spiro atoms. The number of carbonyl (C=O) groups excluding carboxylic acids is 1. The molecule has 0 radical (unpaired) electrons. The fourth-order valence-electron chi connectivity index (χ4n) is 2.46. The Kier molecular flexibility index (Phi) is 5.11. The molecule has 1 heterocycles. The van der Waals surface area contributed by atoms with E-state index in [9.17, 15) is 4.79 Å². The molecular weight excluding hydrogens is 238 g/mol. The average Bonchev–Trinajstić information content (AvgIpc) is 2.40. The second-order valence-electron chi connectivity index (χ2n) is 5.65. The minimum atomic E-state index is -0.257. The van der Waals surface area contributed by atoms with Crippen LogP contribution in [0.1, 0.15) is 25.8 Å². The SMILES string of the molecule is CC(C)CN1CCC(=O)C(OCc2ccccc2)C1. The summed E-state index contributed by atoms with van der Waals surface area (Å²) in [6, 6.07) is 10.0. The zero-order chi connectivity index (χ0) is 13.7. The van der Waals surface area contributed by atoms with Crippen molar-refractivity contribution in [3.63, 3.8) is 0 Å². The molecule has 1 saturated heterocycles. The van der Waals surface area contributed by atoms with Crippen molar-refractivity contribution in [1.82, 2.24) is 4.90 Å². The molecule has 0 saturated carbocycles. The third kappa shape index (κ3) is 4.44. The molecule has 1 aliphatic rings. The van der Waals surface area contributed by atoms with Crippen molar-refractivity contribution in [2.45, 2.75) is 33.0 Å². The second-order valence-corrected chi connectivity index (χ2v) is 5.65. The monoisotopic (exact) mass is 261 g/mol. The van der Waals surface area contributed by atoms with Crippen LogP contribution in [0.4, 0.5) is 0 Å². The van der Waals surface area contributed by atoms with Gasteiger partial charge < -0.3 is 4.74 Å². The fourth-order valence-corrected chi connectivity index (χ4v) is 2.46. The Bertz CT molecular complexity index is 402.